The molecule has 3 aromatic rings. The van der Waals surface area contributed by atoms with Gasteiger partial charge in [-0.1, -0.05) is 66.5 Å². The van der Waals surface area contributed by atoms with Gasteiger partial charge < -0.3 is 10.6 Å². The summed E-state index contributed by atoms with van der Waals surface area (Å²) >= 11 is 13.5. The molecular weight excluding hydrogens is 463 g/mol. The zero-order chi connectivity index (χ0) is 22.9. The zero-order valence-electron chi connectivity index (χ0n) is 17.3. The van der Waals surface area contributed by atoms with Crippen molar-refractivity contribution in [3.8, 4) is 0 Å². The van der Waals surface area contributed by atoms with Crippen molar-refractivity contribution in [1.82, 2.24) is 0 Å². The van der Waals surface area contributed by atoms with Gasteiger partial charge >= 0.3 is 0 Å². The van der Waals surface area contributed by atoms with Crippen LogP contribution in [0.2, 0.25) is 10.0 Å². The second kappa shape index (κ2) is 11.8. The van der Waals surface area contributed by atoms with Crippen LogP contribution in [0.4, 0.5) is 11.4 Å². The lowest BCUT2D eigenvalue weighted by atomic mass is 10.2. The molecule has 4 nitrogen and oxygen atoms in total. The van der Waals surface area contributed by atoms with Gasteiger partial charge in [-0.25, -0.2) is 0 Å². The number of nitrogens with one attached hydrogen (secondary N) is 2. The fraction of sp³-hybridized carbons (Fsp3) is 0.120. The van der Waals surface area contributed by atoms with Gasteiger partial charge in [-0.05, 0) is 54.5 Å². The Bertz CT molecular complexity index is 1120. The first-order valence-corrected chi connectivity index (χ1v) is 11.6. The van der Waals surface area contributed by atoms with Gasteiger partial charge in [0.25, 0.3) is 0 Å². The molecule has 0 aliphatic heterocycles. The highest BCUT2D eigenvalue weighted by Crippen LogP contribution is 2.30. The van der Waals surface area contributed by atoms with Crippen LogP contribution < -0.4 is 10.6 Å². The smallest absolute Gasteiger partial charge is 0.248 e. The molecule has 0 aliphatic carbocycles. The highest BCUT2D eigenvalue weighted by atomic mass is 35.5. The molecule has 0 aromatic heterocycles. The Morgan fingerprint density at radius 3 is 2.47 bits per heavy atom. The molecule has 0 bridgehead atoms. The predicted molar refractivity (Wildman–Crippen MR) is 136 cm³/mol. The van der Waals surface area contributed by atoms with Gasteiger partial charge in [0.2, 0.25) is 11.8 Å². The van der Waals surface area contributed by atoms with Crippen LogP contribution in [0.1, 0.15) is 18.9 Å². The maximum atomic E-state index is 12.8. The number of thioether (sulfide) groups is 1. The number of rotatable bonds is 8. The lowest BCUT2D eigenvalue weighted by Gasteiger charge is -2.16. The minimum atomic E-state index is -0.328. The Morgan fingerprint density at radius 1 is 0.969 bits per heavy atom. The summed E-state index contributed by atoms with van der Waals surface area (Å²) in [5, 5.41) is 6.28. The molecule has 1 unspecified atom stereocenters. The molecule has 164 valence electrons. The van der Waals surface area contributed by atoms with Crippen molar-refractivity contribution in [1.29, 1.82) is 0 Å². The lowest BCUT2D eigenvalue weighted by molar-refractivity contribution is -0.115. The molecule has 1 atom stereocenters. The third kappa shape index (κ3) is 7.16. The van der Waals surface area contributed by atoms with Crippen LogP contribution in [-0.2, 0) is 9.59 Å². The maximum absolute atomic E-state index is 12.8. The van der Waals surface area contributed by atoms with Gasteiger partial charge in [-0.15, -0.1) is 11.8 Å². The first-order chi connectivity index (χ1) is 15.4. The van der Waals surface area contributed by atoms with Gasteiger partial charge in [0.15, 0.2) is 0 Å². The van der Waals surface area contributed by atoms with E-state index in [0.717, 1.165) is 10.5 Å². The quantitative estimate of drug-likeness (QED) is 0.263. The van der Waals surface area contributed by atoms with Crippen LogP contribution in [0.15, 0.2) is 83.8 Å². The van der Waals surface area contributed by atoms with Crippen molar-refractivity contribution in [3.63, 3.8) is 0 Å². The van der Waals surface area contributed by atoms with Gasteiger partial charge in [0, 0.05) is 21.7 Å². The van der Waals surface area contributed by atoms with Crippen LogP contribution in [-0.4, -0.2) is 17.1 Å². The summed E-state index contributed by atoms with van der Waals surface area (Å²) in [6.45, 7) is 1.95. The average Bonchev–Trinajstić information content (AvgIpc) is 2.79. The molecule has 3 rings (SSSR count). The predicted octanol–water partition coefficient (Wildman–Crippen LogP) is 7.15. The minimum absolute atomic E-state index is 0.151. The number of carbonyl (C=O) groups excluding carboxylic acids is 2. The molecule has 3 aromatic carbocycles. The number of hydrogen-bond donors (Lipinski definition) is 2. The van der Waals surface area contributed by atoms with Gasteiger partial charge in [0.05, 0.1) is 16.0 Å². The van der Waals surface area contributed by atoms with E-state index in [-0.39, 0.29) is 17.1 Å². The molecule has 0 saturated heterocycles. The highest BCUT2D eigenvalue weighted by molar-refractivity contribution is 8.00. The van der Waals surface area contributed by atoms with E-state index < -0.39 is 0 Å². The monoisotopic (exact) mass is 484 g/mol. The summed E-state index contributed by atoms with van der Waals surface area (Å²) in [7, 11) is 0. The largest absolute Gasteiger partial charge is 0.324 e. The molecular formula is C25H22Cl2N2O2S. The van der Waals surface area contributed by atoms with Crippen LogP contribution in [0.25, 0.3) is 6.08 Å². The first-order valence-electron chi connectivity index (χ1n) is 10.0. The molecule has 0 saturated carbocycles. The van der Waals surface area contributed by atoms with Gasteiger partial charge in [-0.2, -0.15) is 0 Å². The Kier molecular flexibility index (Phi) is 8.80. The molecule has 0 spiro atoms. The Labute approximate surface area is 202 Å². The van der Waals surface area contributed by atoms with E-state index in [1.54, 1.807) is 24.3 Å². The van der Waals surface area contributed by atoms with Crippen LogP contribution >= 0.6 is 35.0 Å². The summed E-state index contributed by atoms with van der Waals surface area (Å²) in [6, 6.07) is 22.0. The summed E-state index contributed by atoms with van der Waals surface area (Å²) in [5.74, 6) is -0.375. The average molecular weight is 485 g/mol. The van der Waals surface area contributed by atoms with Crippen molar-refractivity contribution < 1.29 is 9.59 Å². The van der Waals surface area contributed by atoms with Crippen molar-refractivity contribution in [2.75, 3.05) is 10.6 Å². The number of anilines is 2. The van der Waals surface area contributed by atoms with Crippen LogP contribution in [0, 0.1) is 0 Å². The SMILES string of the molecule is CCC(Sc1cccc(NC(=O)/C=C/c2ccccc2)c1)C(=O)Nc1ccc(Cl)cc1Cl. The first kappa shape index (κ1) is 23.9. The fourth-order valence-corrected chi connectivity index (χ4v) is 4.33. The van der Waals surface area contributed by atoms with Crippen molar-refractivity contribution in [3.05, 3.63) is 94.5 Å². The van der Waals surface area contributed by atoms with E-state index in [1.807, 2.05) is 61.5 Å². The Balaban J connectivity index is 1.62. The molecule has 7 heteroatoms. The molecule has 0 aliphatic rings. The molecule has 32 heavy (non-hydrogen) atoms. The summed E-state index contributed by atoms with van der Waals surface area (Å²) in [6.07, 6.45) is 3.87. The van der Waals surface area contributed by atoms with Crippen LogP contribution in [0.5, 0.6) is 0 Å². The van der Waals surface area contributed by atoms with Crippen LogP contribution in [0.3, 0.4) is 0 Å². The maximum Gasteiger partial charge on any atom is 0.248 e. The molecule has 0 radical (unpaired) electrons. The number of halogens is 2. The number of amides is 2. The fourth-order valence-electron chi connectivity index (χ4n) is 2.86. The standard InChI is InChI=1S/C25H22Cl2N2O2S/c1-2-23(25(31)29-22-13-12-18(26)15-21(22)27)32-20-10-6-9-19(16-20)28-24(30)14-11-17-7-4-3-5-8-17/h3-16,23H,2H2,1H3,(H,28,30)(H,29,31)/b14-11+. The molecule has 0 fully saturated rings. The summed E-state index contributed by atoms with van der Waals surface area (Å²) in [4.78, 5) is 25.9. The van der Waals surface area contributed by atoms with Crippen molar-refractivity contribution >= 4 is 64.2 Å². The van der Waals surface area contributed by atoms with E-state index in [0.29, 0.717) is 27.8 Å². The number of hydrogen-bond acceptors (Lipinski definition) is 3. The zero-order valence-corrected chi connectivity index (χ0v) is 19.7. The Morgan fingerprint density at radius 2 is 1.75 bits per heavy atom. The normalized spacial score (nSPS) is 11.8. The summed E-state index contributed by atoms with van der Waals surface area (Å²) < 4.78 is 0. The van der Waals surface area contributed by atoms with E-state index in [1.165, 1.54) is 17.8 Å². The van der Waals surface area contributed by atoms with Crippen molar-refractivity contribution in [2.45, 2.75) is 23.5 Å². The third-order valence-corrected chi connectivity index (χ3v) is 6.36. The van der Waals surface area contributed by atoms with E-state index >= 15 is 0 Å². The van der Waals surface area contributed by atoms with E-state index in [4.69, 9.17) is 23.2 Å². The molecule has 0 heterocycles. The van der Waals surface area contributed by atoms with E-state index in [9.17, 15) is 9.59 Å². The van der Waals surface area contributed by atoms with E-state index in [2.05, 4.69) is 10.6 Å². The topological polar surface area (TPSA) is 58.2 Å². The third-order valence-electron chi connectivity index (χ3n) is 4.46. The Hall–Kier alpha value is -2.73. The van der Waals surface area contributed by atoms with Crippen molar-refractivity contribution in [2.24, 2.45) is 0 Å². The number of carbonyl (C=O) groups is 2. The second-order valence-electron chi connectivity index (χ2n) is 6.89. The molecule has 2 amide bonds. The lowest BCUT2D eigenvalue weighted by Crippen LogP contribution is -2.24. The number of benzene rings is 3. The van der Waals surface area contributed by atoms with Gasteiger partial charge in [-0.3, -0.25) is 9.59 Å². The van der Waals surface area contributed by atoms with Gasteiger partial charge in [0.1, 0.15) is 0 Å². The molecule has 2 N–H and O–H groups in total. The highest BCUT2D eigenvalue weighted by Gasteiger charge is 2.19. The summed E-state index contributed by atoms with van der Waals surface area (Å²) in [5.41, 5.74) is 2.13. The second-order valence-corrected chi connectivity index (χ2v) is 9.01. The minimum Gasteiger partial charge on any atom is -0.324 e.